The first-order chi connectivity index (χ1) is 17.2. The van der Waals surface area contributed by atoms with Crippen molar-refractivity contribution in [1.82, 2.24) is 29.7 Å². The second kappa shape index (κ2) is 12.9. The van der Waals surface area contributed by atoms with Gasteiger partial charge in [0.05, 0.1) is 6.33 Å². The highest BCUT2D eigenvalue weighted by Crippen LogP contribution is 2.34. The number of carbonyl (C=O) groups excluding carboxylic acids is 1. The SMILES string of the molecule is CC(C)(C)NC(=O)N1CCC(Nc2nc(N[C@H]3CC[C@H](N)CC3)nc3c2ncn3C2CCCC2)CC1.Cl.Cl. The molecule has 0 aromatic carbocycles. The zero-order chi connectivity index (χ0) is 25.3. The first-order valence-corrected chi connectivity index (χ1v) is 13.9. The first-order valence-electron chi connectivity index (χ1n) is 13.9. The molecule has 5 N–H and O–H groups in total. The number of likely N-dealkylation sites (tertiary alicyclic amines) is 1. The summed E-state index contributed by atoms with van der Waals surface area (Å²) in [5.74, 6) is 1.47. The maximum atomic E-state index is 12.6. The Labute approximate surface area is 238 Å². The molecule has 10 nitrogen and oxygen atoms in total. The standard InChI is InChI=1S/C26H43N9O.2ClH/c1-26(2,3)33-25(36)34-14-12-19(13-15-34)29-22-21-23(35(16-28-21)20-6-4-5-7-20)32-24(31-22)30-18-10-8-17(27)9-11-18;;/h16-20H,4-15,27H2,1-3H3,(H,33,36)(H2,29,30,31,32);2*1H/t17-,18-;;. The Balaban J connectivity index is 0.00000200. The van der Waals surface area contributed by atoms with Crippen molar-refractivity contribution in [1.29, 1.82) is 0 Å². The molecular formula is C26H45Cl2N9O. The number of nitrogens with two attached hydrogens (primary N) is 1. The van der Waals surface area contributed by atoms with Gasteiger partial charge in [-0.05, 0) is 72.1 Å². The van der Waals surface area contributed by atoms with Crippen molar-refractivity contribution < 1.29 is 4.79 Å². The van der Waals surface area contributed by atoms with Gasteiger partial charge in [0.2, 0.25) is 5.95 Å². The summed E-state index contributed by atoms with van der Waals surface area (Å²) in [6.07, 6.45) is 12.7. The molecule has 38 heavy (non-hydrogen) atoms. The lowest BCUT2D eigenvalue weighted by molar-refractivity contribution is 0.175. The number of halogens is 2. The highest BCUT2D eigenvalue weighted by molar-refractivity contribution is 5.86. The van der Waals surface area contributed by atoms with E-state index in [0.717, 1.165) is 68.6 Å². The van der Waals surface area contributed by atoms with Crippen molar-refractivity contribution in [3.8, 4) is 0 Å². The number of fused-ring (bicyclic) bond motifs is 1. The Hall–Kier alpha value is -2.04. The Morgan fingerprint density at radius 1 is 0.921 bits per heavy atom. The number of hydrogen-bond acceptors (Lipinski definition) is 7. The van der Waals surface area contributed by atoms with Crippen LogP contribution in [0.1, 0.15) is 91.0 Å². The molecule has 1 aliphatic heterocycles. The molecule has 214 valence electrons. The van der Waals surface area contributed by atoms with E-state index in [2.05, 4.69) is 20.5 Å². The summed E-state index contributed by atoms with van der Waals surface area (Å²) in [4.78, 5) is 29.1. The summed E-state index contributed by atoms with van der Waals surface area (Å²) in [6.45, 7) is 7.47. The average molecular weight is 571 g/mol. The first kappa shape index (κ1) is 30.5. The van der Waals surface area contributed by atoms with Gasteiger partial charge in [-0.3, -0.25) is 0 Å². The summed E-state index contributed by atoms with van der Waals surface area (Å²) in [5.41, 5.74) is 7.64. The molecule has 0 atom stereocenters. The molecule has 2 aromatic heterocycles. The van der Waals surface area contributed by atoms with Gasteiger partial charge in [0.25, 0.3) is 0 Å². The topological polar surface area (TPSA) is 126 Å². The third kappa shape index (κ3) is 7.33. The van der Waals surface area contributed by atoms with Gasteiger partial charge >= 0.3 is 6.03 Å². The third-order valence-electron chi connectivity index (χ3n) is 7.85. The molecule has 12 heteroatoms. The molecule has 0 unspecified atom stereocenters. The summed E-state index contributed by atoms with van der Waals surface area (Å²) >= 11 is 0. The lowest BCUT2D eigenvalue weighted by atomic mass is 9.92. The number of piperidine rings is 1. The second-order valence-electron chi connectivity index (χ2n) is 12.0. The van der Waals surface area contributed by atoms with E-state index in [0.29, 0.717) is 24.1 Å². The zero-order valence-corrected chi connectivity index (χ0v) is 24.5. The van der Waals surface area contributed by atoms with Crippen molar-refractivity contribution in [3.05, 3.63) is 6.33 Å². The fraction of sp³-hybridized carbons (Fsp3) is 0.769. The van der Waals surface area contributed by atoms with Crippen LogP contribution in [-0.2, 0) is 0 Å². The van der Waals surface area contributed by atoms with Gasteiger partial charge in [0.15, 0.2) is 17.0 Å². The predicted molar refractivity (Wildman–Crippen MR) is 158 cm³/mol. The maximum Gasteiger partial charge on any atom is 0.317 e. The van der Waals surface area contributed by atoms with Crippen LogP contribution in [0.4, 0.5) is 16.6 Å². The highest BCUT2D eigenvalue weighted by Gasteiger charge is 2.28. The van der Waals surface area contributed by atoms with E-state index in [4.69, 9.17) is 20.7 Å². The van der Waals surface area contributed by atoms with E-state index < -0.39 is 0 Å². The van der Waals surface area contributed by atoms with Crippen molar-refractivity contribution in [3.63, 3.8) is 0 Å². The largest absolute Gasteiger partial charge is 0.365 e. The normalized spacial score (nSPS) is 23.0. The second-order valence-corrected chi connectivity index (χ2v) is 12.0. The van der Waals surface area contributed by atoms with Gasteiger partial charge < -0.3 is 31.2 Å². The molecule has 3 aliphatic rings. The third-order valence-corrected chi connectivity index (χ3v) is 7.85. The van der Waals surface area contributed by atoms with Crippen LogP contribution in [0.2, 0.25) is 0 Å². The summed E-state index contributed by atoms with van der Waals surface area (Å²) in [5, 5.41) is 10.4. The fourth-order valence-electron chi connectivity index (χ4n) is 5.80. The Morgan fingerprint density at radius 2 is 1.55 bits per heavy atom. The molecule has 5 rings (SSSR count). The fourth-order valence-corrected chi connectivity index (χ4v) is 5.80. The Morgan fingerprint density at radius 3 is 2.18 bits per heavy atom. The molecule has 1 saturated heterocycles. The number of nitrogens with one attached hydrogen (secondary N) is 3. The van der Waals surface area contributed by atoms with Crippen LogP contribution in [0.3, 0.4) is 0 Å². The number of carbonyl (C=O) groups is 1. The van der Waals surface area contributed by atoms with Gasteiger partial charge in [-0.25, -0.2) is 9.78 Å². The van der Waals surface area contributed by atoms with Crippen molar-refractivity contribution >= 4 is 53.8 Å². The van der Waals surface area contributed by atoms with Gasteiger partial charge in [-0.1, -0.05) is 12.8 Å². The van der Waals surface area contributed by atoms with Crippen molar-refractivity contribution in [2.24, 2.45) is 5.73 Å². The Bertz CT molecular complexity index is 1050. The van der Waals surface area contributed by atoms with E-state index in [9.17, 15) is 4.79 Å². The number of anilines is 2. The molecule has 0 bridgehead atoms. The molecule has 0 spiro atoms. The van der Waals surface area contributed by atoms with E-state index in [-0.39, 0.29) is 42.4 Å². The van der Waals surface area contributed by atoms with Crippen LogP contribution in [0.25, 0.3) is 11.2 Å². The number of urea groups is 1. The summed E-state index contributed by atoms with van der Waals surface area (Å²) in [7, 11) is 0. The van der Waals surface area contributed by atoms with Crippen LogP contribution in [-0.4, -0.2) is 67.2 Å². The summed E-state index contributed by atoms with van der Waals surface area (Å²) < 4.78 is 2.26. The number of hydrogen-bond donors (Lipinski definition) is 4. The van der Waals surface area contributed by atoms with Gasteiger partial charge in [0.1, 0.15) is 0 Å². The monoisotopic (exact) mass is 569 g/mol. The molecule has 0 radical (unpaired) electrons. The molecule has 2 aromatic rings. The van der Waals surface area contributed by atoms with Crippen LogP contribution < -0.4 is 21.7 Å². The molecule has 3 fully saturated rings. The quantitative estimate of drug-likeness (QED) is 0.405. The number of imidazole rings is 1. The van der Waals surface area contributed by atoms with Crippen LogP contribution >= 0.6 is 24.8 Å². The summed E-state index contributed by atoms with van der Waals surface area (Å²) in [6, 6.07) is 1.37. The lowest BCUT2D eigenvalue weighted by Crippen LogP contribution is -2.51. The van der Waals surface area contributed by atoms with Gasteiger partial charge in [0, 0.05) is 42.8 Å². The van der Waals surface area contributed by atoms with E-state index in [1.54, 1.807) is 0 Å². The van der Waals surface area contributed by atoms with Crippen LogP contribution in [0, 0.1) is 0 Å². The average Bonchev–Trinajstić information content (AvgIpc) is 3.50. The zero-order valence-electron chi connectivity index (χ0n) is 22.9. The van der Waals surface area contributed by atoms with Crippen molar-refractivity contribution in [2.45, 2.75) is 115 Å². The minimum atomic E-state index is -0.232. The highest BCUT2D eigenvalue weighted by atomic mass is 35.5. The smallest absolute Gasteiger partial charge is 0.317 e. The van der Waals surface area contributed by atoms with E-state index in [1.807, 2.05) is 32.0 Å². The molecule has 2 saturated carbocycles. The van der Waals surface area contributed by atoms with Gasteiger partial charge in [-0.2, -0.15) is 9.97 Å². The Kier molecular flexibility index (Phi) is 10.3. The number of rotatable bonds is 5. The molecular weight excluding hydrogens is 525 g/mol. The molecule has 3 heterocycles. The van der Waals surface area contributed by atoms with E-state index in [1.165, 1.54) is 25.7 Å². The lowest BCUT2D eigenvalue weighted by Gasteiger charge is -2.34. The number of amides is 2. The van der Waals surface area contributed by atoms with Gasteiger partial charge in [-0.15, -0.1) is 24.8 Å². The molecule has 2 amide bonds. The minimum Gasteiger partial charge on any atom is -0.365 e. The number of nitrogens with zero attached hydrogens (tertiary/aromatic N) is 5. The predicted octanol–water partition coefficient (Wildman–Crippen LogP) is 4.85. The minimum absolute atomic E-state index is 0. The maximum absolute atomic E-state index is 12.6. The van der Waals surface area contributed by atoms with Crippen LogP contribution in [0.15, 0.2) is 6.33 Å². The van der Waals surface area contributed by atoms with Crippen LogP contribution in [0.5, 0.6) is 0 Å². The van der Waals surface area contributed by atoms with Crippen molar-refractivity contribution in [2.75, 3.05) is 23.7 Å². The molecule has 2 aliphatic carbocycles. The number of aromatic nitrogens is 4. The van der Waals surface area contributed by atoms with E-state index >= 15 is 0 Å².